The molecule has 0 aliphatic carbocycles. The molecule has 0 saturated carbocycles. The first kappa shape index (κ1) is 24.9. The number of furan rings is 1. The zero-order valence-corrected chi connectivity index (χ0v) is 20.9. The van der Waals surface area contributed by atoms with Crippen LogP contribution < -0.4 is 5.32 Å². The number of aryl methyl sites for hydroxylation is 4. The Morgan fingerprint density at radius 3 is 2.50 bits per heavy atom. The maximum absolute atomic E-state index is 12.8. The van der Waals surface area contributed by atoms with Crippen molar-refractivity contribution in [1.29, 1.82) is 0 Å². The number of hydrogen-bond acceptors (Lipinski definition) is 7. The van der Waals surface area contributed by atoms with E-state index in [1.165, 1.54) is 12.1 Å². The van der Waals surface area contributed by atoms with Gasteiger partial charge in [0.05, 0.1) is 15.4 Å². The fourth-order valence-corrected chi connectivity index (χ4v) is 4.51. The lowest BCUT2D eigenvalue weighted by Gasteiger charge is -2.14. The van der Waals surface area contributed by atoms with Crippen LogP contribution in [0.25, 0.3) is 17.4 Å². The topological polar surface area (TPSA) is 123 Å². The second kappa shape index (κ2) is 9.82. The molecule has 184 valence electrons. The zero-order valence-electron chi connectivity index (χ0n) is 20.1. The lowest BCUT2D eigenvalue weighted by Crippen LogP contribution is -2.36. The third-order valence-corrected chi connectivity index (χ3v) is 6.72. The number of amides is 3. The number of carbonyl (C=O) groups is 3. The zero-order chi connectivity index (χ0) is 26.1. The lowest BCUT2D eigenvalue weighted by molar-refractivity contribution is -0.384. The van der Waals surface area contributed by atoms with E-state index in [1.54, 1.807) is 25.1 Å². The third kappa shape index (κ3) is 5.08. The van der Waals surface area contributed by atoms with Crippen LogP contribution in [0.3, 0.4) is 0 Å². The van der Waals surface area contributed by atoms with Crippen LogP contribution >= 0.6 is 11.8 Å². The second-order valence-corrected chi connectivity index (χ2v) is 9.54. The van der Waals surface area contributed by atoms with Gasteiger partial charge in [-0.05, 0) is 86.0 Å². The van der Waals surface area contributed by atoms with Gasteiger partial charge in [0.2, 0.25) is 5.91 Å². The van der Waals surface area contributed by atoms with Crippen LogP contribution in [-0.4, -0.2) is 33.4 Å². The van der Waals surface area contributed by atoms with E-state index in [0.29, 0.717) is 23.0 Å². The van der Waals surface area contributed by atoms with Gasteiger partial charge in [-0.15, -0.1) is 0 Å². The Balaban J connectivity index is 1.52. The van der Waals surface area contributed by atoms with E-state index in [9.17, 15) is 24.5 Å². The van der Waals surface area contributed by atoms with Crippen LogP contribution in [0.2, 0.25) is 0 Å². The fourth-order valence-electron chi connectivity index (χ4n) is 3.69. The molecule has 10 heteroatoms. The minimum absolute atomic E-state index is 0.0887. The number of benzene rings is 2. The molecule has 3 amide bonds. The van der Waals surface area contributed by atoms with Crippen molar-refractivity contribution in [2.24, 2.45) is 0 Å². The monoisotopic (exact) mass is 505 g/mol. The first-order chi connectivity index (χ1) is 17.0. The number of anilines is 1. The maximum atomic E-state index is 12.8. The molecule has 4 rings (SSSR count). The Hall–Kier alpha value is -4.18. The van der Waals surface area contributed by atoms with Gasteiger partial charge in [0.15, 0.2) is 0 Å². The Labute approximate surface area is 211 Å². The average Bonchev–Trinajstić information content (AvgIpc) is 3.38. The Morgan fingerprint density at radius 2 is 1.78 bits per heavy atom. The van der Waals surface area contributed by atoms with Crippen molar-refractivity contribution in [3.63, 3.8) is 0 Å². The first-order valence-electron chi connectivity index (χ1n) is 11.0. The van der Waals surface area contributed by atoms with E-state index in [2.05, 4.69) is 5.32 Å². The molecule has 0 bridgehead atoms. The number of nitro groups is 1. The SMILES string of the molecule is Cc1ccc(C)c(NC(=O)CN2C(=O)S/C(=C\c3ccc(-c4cc(C)c(C)cc4[N+](=O)[O-])o3)C2=O)c1. The highest BCUT2D eigenvalue weighted by atomic mass is 32.2. The molecule has 0 radical (unpaired) electrons. The molecule has 3 aromatic rings. The molecule has 1 aliphatic rings. The molecular weight excluding hydrogens is 482 g/mol. The van der Waals surface area contributed by atoms with Crippen LogP contribution in [0.4, 0.5) is 16.2 Å². The average molecular weight is 506 g/mol. The summed E-state index contributed by atoms with van der Waals surface area (Å²) in [6.07, 6.45) is 1.39. The highest BCUT2D eigenvalue weighted by molar-refractivity contribution is 8.18. The quantitative estimate of drug-likeness (QED) is 0.256. The third-order valence-electron chi connectivity index (χ3n) is 5.82. The number of carbonyl (C=O) groups excluding carboxylic acids is 3. The van der Waals surface area contributed by atoms with Crippen LogP contribution in [0.5, 0.6) is 0 Å². The normalized spacial score (nSPS) is 14.6. The number of nitrogens with zero attached hydrogens (tertiary/aromatic N) is 2. The van der Waals surface area contributed by atoms with Crippen LogP contribution in [0, 0.1) is 37.8 Å². The van der Waals surface area contributed by atoms with E-state index in [1.807, 2.05) is 39.0 Å². The number of rotatable bonds is 6. The van der Waals surface area contributed by atoms with Gasteiger partial charge in [0, 0.05) is 17.8 Å². The molecule has 1 saturated heterocycles. The molecule has 1 aromatic heterocycles. The summed E-state index contributed by atoms with van der Waals surface area (Å²) in [5.41, 5.74) is 4.33. The molecule has 2 aromatic carbocycles. The summed E-state index contributed by atoms with van der Waals surface area (Å²) < 4.78 is 5.77. The highest BCUT2D eigenvalue weighted by Gasteiger charge is 2.36. The molecule has 1 fully saturated rings. The van der Waals surface area contributed by atoms with Crippen molar-refractivity contribution < 1.29 is 23.7 Å². The van der Waals surface area contributed by atoms with Gasteiger partial charge in [-0.25, -0.2) is 0 Å². The summed E-state index contributed by atoms with van der Waals surface area (Å²) in [6.45, 7) is 6.96. The van der Waals surface area contributed by atoms with E-state index in [0.717, 1.165) is 27.2 Å². The largest absolute Gasteiger partial charge is 0.456 e. The summed E-state index contributed by atoms with van der Waals surface area (Å²) in [5.74, 6) is -0.586. The van der Waals surface area contributed by atoms with Crippen molar-refractivity contribution in [3.05, 3.63) is 85.5 Å². The summed E-state index contributed by atoms with van der Waals surface area (Å²) in [7, 11) is 0. The van der Waals surface area contributed by atoms with Gasteiger partial charge in [0.25, 0.3) is 16.8 Å². The summed E-state index contributed by atoms with van der Waals surface area (Å²) in [6, 6.07) is 11.9. The van der Waals surface area contributed by atoms with Crippen molar-refractivity contribution in [3.8, 4) is 11.3 Å². The molecule has 1 N–H and O–H groups in total. The van der Waals surface area contributed by atoms with Crippen LogP contribution in [0.1, 0.15) is 28.0 Å². The molecule has 9 nitrogen and oxygen atoms in total. The van der Waals surface area contributed by atoms with Gasteiger partial charge in [0.1, 0.15) is 18.1 Å². The Morgan fingerprint density at radius 1 is 1.06 bits per heavy atom. The van der Waals surface area contributed by atoms with Crippen molar-refractivity contribution >= 4 is 46.3 Å². The number of imide groups is 1. The lowest BCUT2D eigenvalue weighted by atomic mass is 10.0. The van der Waals surface area contributed by atoms with E-state index in [-0.39, 0.29) is 22.1 Å². The summed E-state index contributed by atoms with van der Waals surface area (Å²) >= 11 is 0.698. The van der Waals surface area contributed by atoms with Crippen molar-refractivity contribution in [2.75, 3.05) is 11.9 Å². The summed E-state index contributed by atoms with van der Waals surface area (Å²) in [4.78, 5) is 49.8. The minimum atomic E-state index is -0.615. The van der Waals surface area contributed by atoms with E-state index < -0.39 is 28.5 Å². The standard InChI is InChI=1S/C26H23N3O6S/c1-14-5-6-15(2)20(9-14)27-24(30)13-28-25(31)23(36-26(28)32)12-18-7-8-22(35-18)19-10-16(3)17(4)11-21(19)29(33)34/h5-12H,13H2,1-4H3,(H,27,30)/b23-12-. The predicted molar refractivity (Wildman–Crippen MR) is 137 cm³/mol. The molecular formula is C26H23N3O6S. The smallest absolute Gasteiger partial charge is 0.294 e. The Bertz CT molecular complexity index is 1460. The highest BCUT2D eigenvalue weighted by Crippen LogP contribution is 2.36. The minimum Gasteiger partial charge on any atom is -0.456 e. The predicted octanol–water partition coefficient (Wildman–Crippen LogP) is 5.76. The summed E-state index contributed by atoms with van der Waals surface area (Å²) in [5, 5.41) is 13.7. The van der Waals surface area contributed by atoms with Gasteiger partial charge in [-0.1, -0.05) is 12.1 Å². The van der Waals surface area contributed by atoms with Crippen molar-refractivity contribution in [2.45, 2.75) is 27.7 Å². The number of hydrogen-bond donors (Lipinski definition) is 1. The van der Waals surface area contributed by atoms with Gasteiger partial charge in [-0.2, -0.15) is 0 Å². The molecule has 0 atom stereocenters. The van der Waals surface area contributed by atoms with E-state index >= 15 is 0 Å². The fraction of sp³-hybridized carbons (Fsp3) is 0.192. The number of thioether (sulfide) groups is 1. The molecule has 0 spiro atoms. The number of nitro benzene ring substituents is 1. The van der Waals surface area contributed by atoms with E-state index in [4.69, 9.17) is 4.42 Å². The maximum Gasteiger partial charge on any atom is 0.294 e. The second-order valence-electron chi connectivity index (χ2n) is 8.55. The van der Waals surface area contributed by atoms with Gasteiger partial charge >= 0.3 is 0 Å². The molecule has 2 heterocycles. The van der Waals surface area contributed by atoms with Gasteiger partial charge < -0.3 is 9.73 Å². The van der Waals surface area contributed by atoms with Crippen molar-refractivity contribution in [1.82, 2.24) is 4.90 Å². The molecule has 36 heavy (non-hydrogen) atoms. The van der Waals surface area contributed by atoms with Gasteiger partial charge in [-0.3, -0.25) is 29.4 Å². The van der Waals surface area contributed by atoms with Crippen LogP contribution in [-0.2, 0) is 9.59 Å². The Kier molecular flexibility index (Phi) is 6.80. The molecule has 1 aliphatic heterocycles. The molecule has 0 unspecified atom stereocenters. The first-order valence-corrected chi connectivity index (χ1v) is 11.8. The number of nitrogens with one attached hydrogen (secondary N) is 1. The van der Waals surface area contributed by atoms with Crippen LogP contribution in [0.15, 0.2) is 51.8 Å².